The fourth-order valence-corrected chi connectivity index (χ4v) is 3.02. The number of amides is 1. The van der Waals surface area contributed by atoms with Crippen molar-refractivity contribution in [2.45, 2.75) is 25.7 Å². The topological polar surface area (TPSA) is 59.2 Å². The summed E-state index contributed by atoms with van der Waals surface area (Å²) in [4.78, 5) is 17.8. The van der Waals surface area contributed by atoms with Gasteiger partial charge in [0.25, 0.3) is 0 Å². The first-order valence-electron chi connectivity index (χ1n) is 6.68. The molecule has 1 amide bonds. The Kier molecular flexibility index (Phi) is 5.01. The van der Waals surface area contributed by atoms with Crippen LogP contribution in [0.15, 0.2) is 18.3 Å². The fraction of sp³-hybridized carbons (Fsp3) is 0.571. The van der Waals surface area contributed by atoms with E-state index in [1.807, 2.05) is 6.20 Å². The molecular formula is C14H20IN3O. The molecule has 4 nitrogen and oxygen atoms in total. The molecule has 2 rings (SSSR count). The van der Waals surface area contributed by atoms with Crippen LogP contribution in [-0.4, -0.2) is 24.5 Å². The molecule has 104 valence electrons. The first-order chi connectivity index (χ1) is 9.06. The van der Waals surface area contributed by atoms with Gasteiger partial charge in [-0.15, -0.1) is 0 Å². The zero-order chi connectivity index (χ0) is 13.8. The SMILES string of the molecule is CN(C[C@H]1CC[C@H](C(N)=O)CC1)c1ccc(I)cn1. The van der Waals surface area contributed by atoms with Gasteiger partial charge in [-0.2, -0.15) is 0 Å². The average Bonchev–Trinajstić information content (AvgIpc) is 2.40. The summed E-state index contributed by atoms with van der Waals surface area (Å²) >= 11 is 2.26. The van der Waals surface area contributed by atoms with Gasteiger partial charge in [0, 0.05) is 29.3 Å². The van der Waals surface area contributed by atoms with Crippen LogP contribution in [0.5, 0.6) is 0 Å². The van der Waals surface area contributed by atoms with Crippen LogP contribution < -0.4 is 10.6 Å². The zero-order valence-corrected chi connectivity index (χ0v) is 13.3. The normalized spacial score (nSPS) is 23.1. The van der Waals surface area contributed by atoms with Gasteiger partial charge >= 0.3 is 0 Å². The van der Waals surface area contributed by atoms with E-state index in [-0.39, 0.29) is 11.8 Å². The highest BCUT2D eigenvalue weighted by Gasteiger charge is 2.25. The molecule has 1 aromatic heterocycles. The minimum atomic E-state index is -0.133. The van der Waals surface area contributed by atoms with E-state index in [1.165, 1.54) is 0 Å². The Bertz CT molecular complexity index is 427. The second-order valence-corrected chi connectivity index (χ2v) is 6.58. The molecular weight excluding hydrogens is 353 g/mol. The van der Waals surface area contributed by atoms with Crippen molar-refractivity contribution in [3.05, 3.63) is 21.9 Å². The number of pyridine rings is 1. The van der Waals surface area contributed by atoms with Gasteiger partial charge in [0.15, 0.2) is 0 Å². The van der Waals surface area contributed by atoms with Gasteiger partial charge in [-0.05, 0) is 66.3 Å². The van der Waals surface area contributed by atoms with E-state index >= 15 is 0 Å². The summed E-state index contributed by atoms with van der Waals surface area (Å²) in [6, 6.07) is 4.13. The lowest BCUT2D eigenvalue weighted by atomic mass is 9.81. The van der Waals surface area contributed by atoms with Crippen molar-refractivity contribution in [3.63, 3.8) is 0 Å². The highest BCUT2D eigenvalue weighted by Crippen LogP contribution is 2.29. The molecule has 0 aromatic carbocycles. The van der Waals surface area contributed by atoms with Gasteiger partial charge in [-0.3, -0.25) is 4.79 Å². The Morgan fingerprint density at radius 1 is 1.42 bits per heavy atom. The molecule has 2 N–H and O–H groups in total. The third-order valence-electron chi connectivity index (χ3n) is 3.88. The van der Waals surface area contributed by atoms with Crippen LogP contribution in [-0.2, 0) is 4.79 Å². The van der Waals surface area contributed by atoms with Crippen molar-refractivity contribution < 1.29 is 4.79 Å². The molecule has 0 bridgehead atoms. The van der Waals surface area contributed by atoms with Crippen LogP contribution in [0.1, 0.15) is 25.7 Å². The van der Waals surface area contributed by atoms with Crippen LogP contribution in [0.4, 0.5) is 5.82 Å². The Balaban J connectivity index is 1.85. The van der Waals surface area contributed by atoms with Gasteiger partial charge in [0.1, 0.15) is 5.82 Å². The van der Waals surface area contributed by atoms with Crippen molar-refractivity contribution in [3.8, 4) is 0 Å². The van der Waals surface area contributed by atoms with Crippen LogP contribution in [0.25, 0.3) is 0 Å². The summed E-state index contributed by atoms with van der Waals surface area (Å²) in [5.74, 6) is 1.61. The standard InChI is InChI=1S/C14H20IN3O/c1-18(13-7-6-12(15)8-17-13)9-10-2-4-11(5-3-10)14(16)19/h6-8,10-11H,2-5,9H2,1H3,(H2,16,19)/t10-,11-. The molecule has 0 aliphatic heterocycles. The predicted octanol–water partition coefficient (Wildman–Crippen LogP) is 2.41. The first kappa shape index (κ1) is 14.6. The number of carbonyl (C=O) groups excluding carboxylic acids is 1. The molecule has 0 unspecified atom stereocenters. The zero-order valence-electron chi connectivity index (χ0n) is 11.2. The predicted molar refractivity (Wildman–Crippen MR) is 84.9 cm³/mol. The smallest absolute Gasteiger partial charge is 0.220 e. The Morgan fingerprint density at radius 2 is 2.11 bits per heavy atom. The van der Waals surface area contributed by atoms with E-state index in [0.717, 1.165) is 41.6 Å². The Labute approximate surface area is 127 Å². The maximum absolute atomic E-state index is 11.1. The van der Waals surface area contributed by atoms with Crippen LogP contribution >= 0.6 is 22.6 Å². The Hall–Kier alpha value is -0.850. The van der Waals surface area contributed by atoms with Gasteiger partial charge in [0.2, 0.25) is 5.91 Å². The summed E-state index contributed by atoms with van der Waals surface area (Å²) in [5, 5.41) is 0. The molecule has 1 aliphatic carbocycles. The number of hydrogen-bond donors (Lipinski definition) is 1. The lowest BCUT2D eigenvalue weighted by molar-refractivity contribution is -0.122. The third-order valence-corrected chi connectivity index (χ3v) is 4.52. The molecule has 0 radical (unpaired) electrons. The lowest BCUT2D eigenvalue weighted by Crippen LogP contribution is -2.32. The van der Waals surface area contributed by atoms with Crippen molar-refractivity contribution >= 4 is 34.3 Å². The highest BCUT2D eigenvalue weighted by molar-refractivity contribution is 14.1. The third kappa shape index (κ3) is 4.06. The number of rotatable bonds is 4. The minimum Gasteiger partial charge on any atom is -0.369 e. The molecule has 1 heterocycles. The fourth-order valence-electron chi connectivity index (χ4n) is 2.70. The summed E-state index contributed by atoms with van der Waals surface area (Å²) < 4.78 is 1.15. The molecule has 0 spiro atoms. The van der Waals surface area contributed by atoms with Crippen molar-refractivity contribution in [1.29, 1.82) is 0 Å². The number of primary amides is 1. The molecule has 1 saturated carbocycles. The Morgan fingerprint density at radius 3 is 2.63 bits per heavy atom. The largest absolute Gasteiger partial charge is 0.369 e. The van der Waals surface area contributed by atoms with Gasteiger partial charge in [0.05, 0.1) is 0 Å². The number of halogens is 1. The first-order valence-corrected chi connectivity index (χ1v) is 7.76. The number of nitrogens with two attached hydrogens (primary N) is 1. The molecule has 19 heavy (non-hydrogen) atoms. The van der Waals surface area contributed by atoms with Gasteiger partial charge < -0.3 is 10.6 Å². The average molecular weight is 373 g/mol. The number of carbonyl (C=O) groups is 1. The quantitative estimate of drug-likeness (QED) is 0.825. The molecule has 1 aliphatic rings. The summed E-state index contributed by atoms with van der Waals surface area (Å²) in [7, 11) is 2.08. The van der Waals surface area contributed by atoms with E-state index < -0.39 is 0 Å². The lowest BCUT2D eigenvalue weighted by Gasteiger charge is -2.30. The molecule has 0 atom stereocenters. The van der Waals surface area contributed by atoms with E-state index in [1.54, 1.807) is 0 Å². The molecule has 1 aromatic rings. The molecule has 0 saturated heterocycles. The van der Waals surface area contributed by atoms with E-state index in [0.29, 0.717) is 5.92 Å². The number of anilines is 1. The van der Waals surface area contributed by atoms with Crippen molar-refractivity contribution in [2.24, 2.45) is 17.6 Å². The summed E-state index contributed by atoms with van der Waals surface area (Å²) in [6.45, 7) is 0.999. The highest BCUT2D eigenvalue weighted by atomic mass is 127. The van der Waals surface area contributed by atoms with E-state index in [9.17, 15) is 4.79 Å². The molecule has 1 fully saturated rings. The second-order valence-electron chi connectivity index (χ2n) is 5.34. The maximum atomic E-state index is 11.1. The van der Waals surface area contributed by atoms with Crippen LogP contribution in [0.3, 0.4) is 0 Å². The summed E-state index contributed by atoms with van der Waals surface area (Å²) in [5.41, 5.74) is 5.36. The minimum absolute atomic E-state index is 0.0954. The van der Waals surface area contributed by atoms with Gasteiger partial charge in [-0.25, -0.2) is 4.98 Å². The van der Waals surface area contributed by atoms with Crippen LogP contribution in [0, 0.1) is 15.4 Å². The van der Waals surface area contributed by atoms with Gasteiger partial charge in [-0.1, -0.05) is 0 Å². The van der Waals surface area contributed by atoms with Crippen LogP contribution in [0.2, 0.25) is 0 Å². The van der Waals surface area contributed by atoms with E-state index in [2.05, 4.69) is 51.7 Å². The monoisotopic (exact) mass is 373 g/mol. The maximum Gasteiger partial charge on any atom is 0.220 e. The second kappa shape index (κ2) is 6.54. The van der Waals surface area contributed by atoms with E-state index in [4.69, 9.17) is 5.73 Å². The summed E-state index contributed by atoms with van der Waals surface area (Å²) in [6.07, 6.45) is 5.93. The number of aromatic nitrogens is 1. The van der Waals surface area contributed by atoms with Crippen molar-refractivity contribution in [2.75, 3.05) is 18.5 Å². The van der Waals surface area contributed by atoms with Crippen molar-refractivity contribution in [1.82, 2.24) is 4.98 Å². The number of nitrogens with zero attached hydrogens (tertiary/aromatic N) is 2. The molecule has 5 heteroatoms. The number of hydrogen-bond acceptors (Lipinski definition) is 3.